The van der Waals surface area contributed by atoms with Crippen molar-refractivity contribution in [2.24, 2.45) is 0 Å². The topological polar surface area (TPSA) is 128 Å². The average Bonchev–Trinajstić information content (AvgIpc) is 3.22. The number of hydrogen-bond acceptors (Lipinski definition) is 8. The lowest BCUT2D eigenvalue weighted by atomic mass is 10.1. The van der Waals surface area contributed by atoms with Gasteiger partial charge in [-0.15, -0.1) is 0 Å². The van der Waals surface area contributed by atoms with Crippen molar-refractivity contribution in [3.8, 4) is 11.5 Å². The van der Waals surface area contributed by atoms with Crippen molar-refractivity contribution in [3.63, 3.8) is 0 Å². The SMILES string of the molecule is O=C(Cc1ccc([N+](=O)[O-])cc1[N+](=O)[O-])N1CCN(Cc2ccc3c(c2)OCO3)CC1. The summed E-state index contributed by atoms with van der Waals surface area (Å²) in [5.74, 6) is 1.23. The van der Waals surface area contributed by atoms with E-state index in [-0.39, 0.29) is 30.4 Å². The van der Waals surface area contributed by atoms with Gasteiger partial charge in [-0.25, -0.2) is 0 Å². The van der Waals surface area contributed by atoms with Crippen LogP contribution >= 0.6 is 0 Å². The van der Waals surface area contributed by atoms with E-state index in [1.54, 1.807) is 4.90 Å². The summed E-state index contributed by atoms with van der Waals surface area (Å²) in [5.41, 5.74) is 0.470. The second-order valence-corrected chi connectivity index (χ2v) is 7.35. The highest BCUT2D eigenvalue weighted by Crippen LogP contribution is 2.33. The van der Waals surface area contributed by atoms with Crippen molar-refractivity contribution in [2.75, 3.05) is 33.0 Å². The van der Waals surface area contributed by atoms with E-state index in [0.29, 0.717) is 32.7 Å². The Morgan fingerprint density at radius 1 is 0.935 bits per heavy atom. The number of fused-ring (bicyclic) bond motifs is 1. The minimum Gasteiger partial charge on any atom is -0.454 e. The maximum atomic E-state index is 12.7. The van der Waals surface area contributed by atoms with Crippen LogP contribution in [0.15, 0.2) is 36.4 Å². The van der Waals surface area contributed by atoms with Crippen LogP contribution in [0.2, 0.25) is 0 Å². The van der Waals surface area contributed by atoms with Gasteiger partial charge < -0.3 is 14.4 Å². The molecule has 11 heteroatoms. The zero-order chi connectivity index (χ0) is 22.0. The van der Waals surface area contributed by atoms with E-state index in [9.17, 15) is 25.0 Å². The maximum absolute atomic E-state index is 12.7. The van der Waals surface area contributed by atoms with Crippen LogP contribution < -0.4 is 9.47 Å². The number of carbonyl (C=O) groups excluding carboxylic acids is 1. The van der Waals surface area contributed by atoms with Gasteiger partial charge in [-0.1, -0.05) is 6.07 Å². The van der Waals surface area contributed by atoms with E-state index >= 15 is 0 Å². The summed E-state index contributed by atoms with van der Waals surface area (Å²) >= 11 is 0. The standard InChI is InChI=1S/C20H20N4O7/c25-20(10-15-2-3-16(23(26)27)11-17(15)24(28)29)22-7-5-21(6-8-22)12-14-1-4-18-19(9-14)31-13-30-18/h1-4,9,11H,5-8,10,12-13H2. The Bertz CT molecular complexity index is 1030. The molecule has 0 spiro atoms. The summed E-state index contributed by atoms with van der Waals surface area (Å²) in [7, 11) is 0. The first-order valence-corrected chi connectivity index (χ1v) is 9.71. The van der Waals surface area contributed by atoms with Crippen molar-refractivity contribution in [1.82, 2.24) is 9.80 Å². The van der Waals surface area contributed by atoms with Crippen LogP contribution in [-0.2, 0) is 17.8 Å². The van der Waals surface area contributed by atoms with Crippen LogP contribution in [0.3, 0.4) is 0 Å². The van der Waals surface area contributed by atoms with Crippen LogP contribution in [0.5, 0.6) is 11.5 Å². The molecule has 0 aliphatic carbocycles. The molecule has 0 aromatic heterocycles. The highest BCUT2D eigenvalue weighted by Gasteiger charge is 2.26. The lowest BCUT2D eigenvalue weighted by Gasteiger charge is -2.34. The number of ether oxygens (including phenoxy) is 2. The molecule has 0 saturated carbocycles. The number of rotatable bonds is 6. The quantitative estimate of drug-likeness (QED) is 0.505. The summed E-state index contributed by atoms with van der Waals surface area (Å²) in [6.45, 7) is 3.29. The normalized spacial score (nSPS) is 15.7. The molecule has 2 aliphatic rings. The van der Waals surface area contributed by atoms with Gasteiger partial charge in [0.05, 0.1) is 22.3 Å². The Kier molecular flexibility index (Phi) is 5.67. The molecular weight excluding hydrogens is 408 g/mol. The molecule has 162 valence electrons. The van der Waals surface area contributed by atoms with Gasteiger partial charge in [0.15, 0.2) is 11.5 Å². The molecule has 2 aromatic carbocycles. The fourth-order valence-corrected chi connectivity index (χ4v) is 3.71. The summed E-state index contributed by atoms with van der Waals surface area (Å²) in [5, 5.41) is 22.1. The largest absolute Gasteiger partial charge is 0.454 e. The van der Waals surface area contributed by atoms with E-state index in [2.05, 4.69) is 4.90 Å². The number of nitro benzene ring substituents is 2. The molecule has 0 radical (unpaired) electrons. The Balaban J connectivity index is 1.34. The van der Waals surface area contributed by atoms with E-state index in [1.807, 2.05) is 18.2 Å². The van der Waals surface area contributed by atoms with Gasteiger partial charge in [-0.2, -0.15) is 0 Å². The molecule has 2 aromatic rings. The van der Waals surface area contributed by atoms with Crippen LogP contribution in [0.1, 0.15) is 11.1 Å². The number of carbonyl (C=O) groups is 1. The number of piperazine rings is 1. The number of nitro groups is 2. The summed E-state index contributed by atoms with van der Waals surface area (Å²) < 4.78 is 10.7. The van der Waals surface area contributed by atoms with Crippen LogP contribution in [-0.4, -0.2) is 58.5 Å². The molecule has 0 atom stereocenters. The van der Waals surface area contributed by atoms with Crippen molar-refractivity contribution >= 4 is 17.3 Å². The molecule has 1 saturated heterocycles. The summed E-state index contributed by atoms with van der Waals surface area (Å²) in [4.78, 5) is 37.3. The molecule has 4 rings (SSSR count). The molecule has 11 nitrogen and oxygen atoms in total. The van der Waals surface area contributed by atoms with Crippen molar-refractivity contribution in [3.05, 3.63) is 67.8 Å². The average molecular weight is 428 g/mol. The zero-order valence-corrected chi connectivity index (χ0v) is 16.6. The van der Waals surface area contributed by atoms with E-state index in [1.165, 1.54) is 12.1 Å². The lowest BCUT2D eigenvalue weighted by Crippen LogP contribution is -2.48. The summed E-state index contributed by atoms with van der Waals surface area (Å²) in [6.07, 6.45) is -0.170. The van der Waals surface area contributed by atoms with E-state index in [0.717, 1.165) is 23.1 Å². The van der Waals surface area contributed by atoms with Crippen molar-refractivity contribution in [2.45, 2.75) is 13.0 Å². The predicted octanol–water partition coefficient (Wildman–Crippen LogP) is 2.12. The van der Waals surface area contributed by atoms with Gasteiger partial charge in [0, 0.05) is 44.4 Å². The Morgan fingerprint density at radius 3 is 2.39 bits per heavy atom. The summed E-state index contributed by atoms with van der Waals surface area (Å²) in [6, 6.07) is 9.18. The van der Waals surface area contributed by atoms with Crippen LogP contribution in [0.25, 0.3) is 0 Å². The fraction of sp³-hybridized carbons (Fsp3) is 0.350. The number of nitrogens with zero attached hydrogens (tertiary/aromatic N) is 4. The van der Waals surface area contributed by atoms with E-state index < -0.39 is 15.5 Å². The Labute approximate surface area is 177 Å². The van der Waals surface area contributed by atoms with Crippen molar-refractivity contribution in [1.29, 1.82) is 0 Å². The number of hydrogen-bond donors (Lipinski definition) is 0. The van der Waals surface area contributed by atoms with Crippen molar-refractivity contribution < 1.29 is 24.1 Å². The molecule has 2 heterocycles. The number of benzene rings is 2. The first-order chi connectivity index (χ1) is 14.9. The second-order valence-electron chi connectivity index (χ2n) is 7.35. The van der Waals surface area contributed by atoms with E-state index in [4.69, 9.17) is 9.47 Å². The minimum absolute atomic E-state index is 0.170. The predicted molar refractivity (Wildman–Crippen MR) is 108 cm³/mol. The molecule has 0 unspecified atom stereocenters. The third-order valence-corrected chi connectivity index (χ3v) is 5.39. The van der Waals surface area contributed by atoms with Gasteiger partial charge in [-0.3, -0.25) is 29.9 Å². The number of non-ortho nitro benzene ring substituents is 1. The maximum Gasteiger partial charge on any atom is 0.279 e. The van der Waals surface area contributed by atoms with Gasteiger partial charge in [-0.05, 0) is 23.8 Å². The van der Waals surface area contributed by atoms with Gasteiger partial charge in [0.1, 0.15) is 0 Å². The molecular formula is C20H20N4O7. The third-order valence-electron chi connectivity index (χ3n) is 5.39. The first kappa shape index (κ1) is 20.5. The zero-order valence-electron chi connectivity index (χ0n) is 16.6. The minimum atomic E-state index is -0.696. The highest BCUT2D eigenvalue weighted by molar-refractivity contribution is 5.80. The van der Waals surface area contributed by atoms with Crippen LogP contribution in [0, 0.1) is 20.2 Å². The molecule has 1 fully saturated rings. The Morgan fingerprint density at radius 2 is 1.68 bits per heavy atom. The van der Waals surface area contributed by atoms with Gasteiger partial charge in [0.2, 0.25) is 12.7 Å². The lowest BCUT2D eigenvalue weighted by molar-refractivity contribution is -0.394. The fourth-order valence-electron chi connectivity index (χ4n) is 3.71. The molecule has 1 amide bonds. The van der Waals surface area contributed by atoms with Gasteiger partial charge in [0.25, 0.3) is 11.4 Å². The van der Waals surface area contributed by atoms with Gasteiger partial charge >= 0.3 is 0 Å². The Hall–Kier alpha value is -3.73. The highest BCUT2D eigenvalue weighted by atomic mass is 16.7. The number of amides is 1. The smallest absolute Gasteiger partial charge is 0.279 e. The van der Waals surface area contributed by atoms with Crippen LogP contribution in [0.4, 0.5) is 11.4 Å². The second kappa shape index (κ2) is 8.56. The first-order valence-electron chi connectivity index (χ1n) is 9.71. The molecule has 31 heavy (non-hydrogen) atoms. The third kappa shape index (κ3) is 4.56. The molecule has 0 N–H and O–H groups in total. The molecule has 2 aliphatic heterocycles. The monoisotopic (exact) mass is 428 g/mol. The molecule has 0 bridgehead atoms.